The molecule has 11 heteroatoms. The van der Waals surface area contributed by atoms with E-state index in [0.29, 0.717) is 0 Å². The summed E-state index contributed by atoms with van der Waals surface area (Å²) in [5.41, 5.74) is 23.9. The van der Waals surface area contributed by atoms with Crippen LogP contribution < -0.4 is 28.7 Å². The van der Waals surface area contributed by atoms with Gasteiger partial charge in [-0.1, -0.05) is 0 Å². The van der Waals surface area contributed by atoms with Gasteiger partial charge in [-0.2, -0.15) is 15.0 Å². The number of rotatable bonds is 0. The Balaban J connectivity index is -0.000000209. The van der Waals surface area contributed by atoms with Crippen molar-refractivity contribution in [3.63, 3.8) is 0 Å². The topological polar surface area (TPSA) is 203 Å². The maximum atomic E-state index is 9.00. The molecule has 0 aliphatic rings. The second kappa shape index (κ2) is 10.7. The predicted molar refractivity (Wildman–Crippen MR) is 61.2 cm³/mol. The van der Waals surface area contributed by atoms with E-state index < -0.39 is 6.03 Å². The molecule has 2 amide bonds. The maximum Gasteiger partial charge on any atom is 0.309 e. The zero-order valence-corrected chi connectivity index (χ0v) is 8.98. The standard InChI is InChI=1S/C3H6N6.CH4N2O.CH2O.ClH/c4-1-7-2(5)9-3(6)8-1;2-1(3)4;1-2;/h(H6,4,5,6,7,8,9);(H4,2,3,4);1H2;1H. The Labute approximate surface area is 97.0 Å². The van der Waals surface area contributed by atoms with Crippen molar-refractivity contribution >= 4 is 43.1 Å². The Kier molecular flexibility index (Phi) is 12.9. The fraction of sp³-hybridized carbons (Fsp3) is 0. The minimum atomic E-state index is -0.833. The molecule has 1 aromatic rings. The van der Waals surface area contributed by atoms with Crippen LogP contribution >= 0.6 is 12.4 Å². The van der Waals surface area contributed by atoms with E-state index in [1.54, 1.807) is 0 Å². The van der Waals surface area contributed by atoms with Crippen LogP contribution in [-0.2, 0) is 4.79 Å². The van der Waals surface area contributed by atoms with Gasteiger partial charge in [-0.3, -0.25) is 0 Å². The van der Waals surface area contributed by atoms with E-state index in [4.69, 9.17) is 26.8 Å². The highest BCUT2D eigenvalue weighted by Gasteiger charge is 1.93. The van der Waals surface area contributed by atoms with E-state index in [2.05, 4.69) is 26.4 Å². The van der Waals surface area contributed by atoms with Gasteiger partial charge in [-0.05, 0) is 0 Å². The number of urea groups is 1. The second-order valence-electron chi connectivity index (χ2n) is 1.81. The zero-order valence-electron chi connectivity index (χ0n) is 8.16. The van der Waals surface area contributed by atoms with Gasteiger partial charge >= 0.3 is 6.03 Å². The van der Waals surface area contributed by atoms with Crippen LogP contribution in [0.25, 0.3) is 0 Å². The SMILES string of the molecule is C=O.Cl.NC(N)=O.Nc1nc(N)nc(N)n1. The lowest BCUT2D eigenvalue weighted by atomic mass is 10.9. The van der Waals surface area contributed by atoms with Crippen LogP contribution in [0.2, 0.25) is 0 Å². The van der Waals surface area contributed by atoms with Gasteiger partial charge in [0.2, 0.25) is 17.8 Å². The highest BCUT2D eigenvalue weighted by Crippen LogP contribution is 1.97. The molecule has 0 saturated heterocycles. The lowest BCUT2D eigenvalue weighted by molar-refractivity contribution is -0.0979. The quantitative estimate of drug-likeness (QED) is 0.344. The van der Waals surface area contributed by atoms with Crippen molar-refractivity contribution in [2.45, 2.75) is 0 Å². The fourth-order valence-corrected chi connectivity index (χ4v) is 0.427. The highest BCUT2D eigenvalue weighted by atomic mass is 35.5. The van der Waals surface area contributed by atoms with Gasteiger partial charge in [0, 0.05) is 0 Å². The van der Waals surface area contributed by atoms with Crippen LogP contribution in [-0.4, -0.2) is 27.8 Å². The number of halogens is 1. The molecule has 0 aliphatic heterocycles. The molecular weight excluding hydrogens is 240 g/mol. The molecule has 10 N–H and O–H groups in total. The van der Waals surface area contributed by atoms with Crippen molar-refractivity contribution in [1.82, 2.24) is 15.0 Å². The molecule has 0 unspecified atom stereocenters. The first kappa shape index (κ1) is 19.2. The molecule has 1 aromatic heterocycles. The van der Waals surface area contributed by atoms with Crippen LogP contribution in [0.4, 0.5) is 22.6 Å². The van der Waals surface area contributed by atoms with Crippen molar-refractivity contribution < 1.29 is 9.59 Å². The third-order valence-electron chi connectivity index (χ3n) is 0.687. The molecule has 16 heavy (non-hydrogen) atoms. The number of aromatic nitrogens is 3. The van der Waals surface area contributed by atoms with Crippen molar-refractivity contribution in [1.29, 1.82) is 0 Å². The molecule has 0 atom stereocenters. The summed E-state index contributed by atoms with van der Waals surface area (Å²) in [6.07, 6.45) is 0. The molecule has 0 radical (unpaired) electrons. The first-order valence-electron chi connectivity index (χ1n) is 3.28. The van der Waals surface area contributed by atoms with Crippen LogP contribution in [0.15, 0.2) is 0 Å². The summed E-state index contributed by atoms with van der Waals surface area (Å²) in [6, 6.07) is -0.833. The van der Waals surface area contributed by atoms with E-state index in [1.807, 2.05) is 6.79 Å². The molecule has 92 valence electrons. The van der Waals surface area contributed by atoms with Crippen molar-refractivity contribution in [2.24, 2.45) is 11.5 Å². The van der Waals surface area contributed by atoms with Gasteiger partial charge in [0.1, 0.15) is 6.79 Å². The Bertz CT molecular complexity index is 267. The molecule has 1 heterocycles. The smallest absolute Gasteiger partial charge is 0.309 e. The van der Waals surface area contributed by atoms with Gasteiger partial charge in [0.15, 0.2) is 0 Å². The Morgan fingerprint density at radius 1 is 0.875 bits per heavy atom. The van der Waals surface area contributed by atoms with Crippen molar-refractivity contribution in [3.8, 4) is 0 Å². The number of nitrogen functional groups attached to an aromatic ring is 3. The fourth-order valence-electron chi connectivity index (χ4n) is 0.427. The minimum Gasteiger partial charge on any atom is -0.368 e. The Hall–Kier alpha value is -2.36. The summed E-state index contributed by atoms with van der Waals surface area (Å²) in [6.45, 7) is 2.00. The lowest BCUT2D eigenvalue weighted by Crippen LogP contribution is -2.18. The summed E-state index contributed by atoms with van der Waals surface area (Å²) in [7, 11) is 0. The number of anilines is 3. The van der Waals surface area contributed by atoms with E-state index in [9.17, 15) is 0 Å². The van der Waals surface area contributed by atoms with E-state index in [0.717, 1.165) is 0 Å². The molecule has 0 spiro atoms. The molecule has 0 aliphatic carbocycles. The summed E-state index contributed by atoms with van der Waals surface area (Å²) >= 11 is 0. The van der Waals surface area contributed by atoms with Crippen molar-refractivity contribution in [2.75, 3.05) is 17.2 Å². The molecular formula is C5H13ClN8O2. The number of hydrogen-bond donors (Lipinski definition) is 5. The molecule has 10 nitrogen and oxygen atoms in total. The number of amides is 2. The van der Waals surface area contributed by atoms with Crippen molar-refractivity contribution in [3.05, 3.63) is 0 Å². The average Bonchev–Trinajstić information content (AvgIpc) is 2.03. The molecule has 0 fully saturated rings. The number of nitrogens with zero attached hydrogens (tertiary/aromatic N) is 3. The molecule has 0 saturated carbocycles. The zero-order chi connectivity index (χ0) is 12.4. The third kappa shape index (κ3) is 14.2. The van der Waals surface area contributed by atoms with Gasteiger partial charge in [-0.15, -0.1) is 12.4 Å². The molecule has 0 aromatic carbocycles. The third-order valence-corrected chi connectivity index (χ3v) is 0.687. The highest BCUT2D eigenvalue weighted by molar-refractivity contribution is 5.85. The minimum absolute atomic E-state index is 0. The summed E-state index contributed by atoms with van der Waals surface area (Å²) in [5.74, 6) is 0.125. The van der Waals surface area contributed by atoms with E-state index in [-0.39, 0.29) is 30.3 Å². The average molecular weight is 253 g/mol. The van der Waals surface area contributed by atoms with E-state index >= 15 is 0 Å². The predicted octanol–water partition coefficient (Wildman–Crippen LogP) is -2.12. The van der Waals surface area contributed by atoms with Crippen LogP contribution in [0.3, 0.4) is 0 Å². The maximum absolute atomic E-state index is 9.00. The lowest BCUT2D eigenvalue weighted by Gasteiger charge is -1.93. The van der Waals surface area contributed by atoms with Crippen LogP contribution in [0.1, 0.15) is 0 Å². The monoisotopic (exact) mass is 252 g/mol. The first-order chi connectivity index (χ1) is 6.91. The van der Waals surface area contributed by atoms with Crippen LogP contribution in [0.5, 0.6) is 0 Å². The first-order valence-corrected chi connectivity index (χ1v) is 3.28. The van der Waals surface area contributed by atoms with Crippen LogP contribution in [0, 0.1) is 0 Å². The molecule has 0 bridgehead atoms. The summed E-state index contributed by atoms with van der Waals surface area (Å²) < 4.78 is 0. The van der Waals surface area contributed by atoms with Gasteiger partial charge in [0.05, 0.1) is 0 Å². The number of carbonyl (C=O) groups is 2. The molecule has 1 rings (SSSR count). The Morgan fingerprint density at radius 2 is 1.00 bits per heavy atom. The largest absolute Gasteiger partial charge is 0.368 e. The Morgan fingerprint density at radius 3 is 1.12 bits per heavy atom. The van der Waals surface area contributed by atoms with Gasteiger partial charge < -0.3 is 33.5 Å². The summed E-state index contributed by atoms with van der Waals surface area (Å²) in [5, 5.41) is 0. The second-order valence-corrected chi connectivity index (χ2v) is 1.81. The van der Waals surface area contributed by atoms with Gasteiger partial charge in [-0.25, -0.2) is 4.79 Å². The number of primary amides is 2. The number of carbonyl (C=O) groups excluding carboxylic acids is 2. The number of hydrogen-bond acceptors (Lipinski definition) is 8. The van der Waals surface area contributed by atoms with E-state index in [1.165, 1.54) is 0 Å². The normalized spacial score (nSPS) is 7.00. The number of nitrogens with two attached hydrogens (primary N) is 5. The summed E-state index contributed by atoms with van der Waals surface area (Å²) in [4.78, 5) is 27.5. The van der Waals surface area contributed by atoms with Gasteiger partial charge in [0.25, 0.3) is 0 Å².